The number of ether oxygens (including phenoxy) is 1. The van der Waals surface area contributed by atoms with Crippen molar-refractivity contribution >= 4 is 17.5 Å². The molecule has 6 heteroatoms. The van der Waals surface area contributed by atoms with Gasteiger partial charge in [-0.25, -0.2) is 0 Å². The minimum Gasteiger partial charge on any atom is -0.465 e. The van der Waals surface area contributed by atoms with E-state index in [1.807, 2.05) is 13.8 Å². The maximum Gasteiger partial charge on any atom is 0.308 e. The molecule has 5 nitrogen and oxygen atoms in total. The Morgan fingerprint density at radius 1 is 1.04 bits per heavy atom. The van der Waals surface area contributed by atoms with E-state index in [-0.39, 0.29) is 23.6 Å². The molecule has 25 heavy (non-hydrogen) atoms. The summed E-state index contributed by atoms with van der Waals surface area (Å²) >= 11 is 1.30. The molecule has 0 saturated carbocycles. The van der Waals surface area contributed by atoms with Crippen molar-refractivity contribution in [3.63, 3.8) is 0 Å². The average Bonchev–Trinajstić information content (AvgIpc) is 3.04. The molecule has 1 rings (SSSR count). The molecule has 0 unspecified atom stereocenters. The molecule has 0 atom stereocenters. The van der Waals surface area contributed by atoms with Crippen LogP contribution in [0.15, 0.2) is 16.2 Å². The fraction of sp³-hybridized carbons (Fsp3) is 0.789. The topological polar surface area (TPSA) is 94.2 Å². The van der Waals surface area contributed by atoms with Crippen LogP contribution in [0.1, 0.15) is 85.0 Å². The first-order valence-electron chi connectivity index (χ1n) is 9.36. The standard InChI is InChI=1S/C16H32O2.C3H3NOS.H3N/c1-4-5-6-7-8-9-10-11-12-13-14-18-16(17)15(2)3;5-3-1-2-6-4-3;/h15H,4-14H2,1-3H3;1-2H,(H,4,5);1H3. The van der Waals surface area contributed by atoms with Crippen molar-refractivity contribution in [3.05, 3.63) is 21.8 Å². The molecule has 1 aromatic heterocycles. The van der Waals surface area contributed by atoms with Gasteiger partial charge in [0.1, 0.15) is 0 Å². The number of hydrogen-bond donors (Lipinski definition) is 2. The van der Waals surface area contributed by atoms with E-state index in [0.29, 0.717) is 6.61 Å². The summed E-state index contributed by atoms with van der Waals surface area (Å²) in [7, 11) is 0. The lowest BCUT2D eigenvalue weighted by Crippen LogP contribution is -2.12. The molecular formula is C19H38N2O3S. The van der Waals surface area contributed by atoms with Crippen molar-refractivity contribution in [1.29, 1.82) is 0 Å². The minimum absolute atomic E-state index is 0. The molecule has 0 spiro atoms. The van der Waals surface area contributed by atoms with Crippen LogP contribution in [0.25, 0.3) is 0 Å². The van der Waals surface area contributed by atoms with E-state index in [1.165, 1.54) is 75.4 Å². The van der Waals surface area contributed by atoms with E-state index < -0.39 is 0 Å². The fourth-order valence-corrected chi connectivity index (χ4v) is 2.59. The highest BCUT2D eigenvalue weighted by molar-refractivity contribution is 7.03. The van der Waals surface area contributed by atoms with Crippen LogP contribution in [-0.4, -0.2) is 16.9 Å². The Morgan fingerprint density at radius 2 is 1.56 bits per heavy atom. The van der Waals surface area contributed by atoms with Crippen LogP contribution in [0.5, 0.6) is 0 Å². The smallest absolute Gasteiger partial charge is 0.308 e. The normalized spacial score (nSPS) is 9.92. The summed E-state index contributed by atoms with van der Waals surface area (Å²) in [6.07, 6.45) is 13.1. The van der Waals surface area contributed by atoms with Crippen molar-refractivity contribution in [2.75, 3.05) is 6.61 Å². The number of aromatic nitrogens is 1. The van der Waals surface area contributed by atoms with Gasteiger partial charge in [-0.05, 0) is 6.42 Å². The fourth-order valence-electron chi connectivity index (χ4n) is 2.15. The Hall–Kier alpha value is -1.14. The maximum atomic E-state index is 11.2. The van der Waals surface area contributed by atoms with Crippen LogP contribution in [0.2, 0.25) is 0 Å². The number of aromatic amines is 1. The highest BCUT2D eigenvalue weighted by Gasteiger charge is 2.06. The van der Waals surface area contributed by atoms with Crippen LogP contribution >= 0.6 is 11.5 Å². The van der Waals surface area contributed by atoms with Gasteiger partial charge in [-0.2, -0.15) is 0 Å². The molecule has 0 saturated heterocycles. The quantitative estimate of drug-likeness (QED) is 0.362. The molecule has 4 N–H and O–H groups in total. The SMILES string of the molecule is CCCCCCCCCCCCOC(=O)C(C)C.N.O=c1ccs[nH]1. The monoisotopic (exact) mass is 374 g/mol. The number of rotatable bonds is 12. The first kappa shape index (κ1) is 26.1. The predicted octanol–water partition coefficient (Wildman–Crippen LogP) is 5.70. The average molecular weight is 375 g/mol. The summed E-state index contributed by atoms with van der Waals surface area (Å²) < 4.78 is 7.62. The molecule has 0 aromatic carbocycles. The van der Waals surface area contributed by atoms with Gasteiger partial charge in [-0.3, -0.25) is 14.0 Å². The summed E-state index contributed by atoms with van der Waals surface area (Å²) in [5.41, 5.74) is -0.0139. The molecular weight excluding hydrogens is 336 g/mol. The van der Waals surface area contributed by atoms with Gasteiger partial charge in [-0.1, -0.05) is 90.1 Å². The summed E-state index contributed by atoms with van der Waals surface area (Å²) in [5.74, 6) is -0.0564. The second kappa shape index (κ2) is 19.2. The molecule has 0 aliphatic carbocycles. The van der Waals surface area contributed by atoms with Crippen LogP contribution in [0.3, 0.4) is 0 Å². The first-order valence-corrected chi connectivity index (χ1v) is 10.2. The van der Waals surface area contributed by atoms with Crippen molar-refractivity contribution < 1.29 is 9.53 Å². The van der Waals surface area contributed by atoms with E-state index in [2.05, 4.69) is 11.3 Å². The largest absolute Gasteiger partial charge is 0.465 e. The third-order valence-corrected chi connectivity index (χ3v) is 4.25. The highest BCUT2D eigenvalue weighted by atomic mass is 32.1. The van der Waals surface area contributed by atoms with Gasteiger partial charge in [-0.15, -0.1) is 0 Å². The van der Waals surface area contributed by atoms with Gasteiger partial charge < -0.3 is 10.9 Å². The van der Waals surface area contributed by atoms with Crippen LogP contribution in [0.4, 0.5) is 0 Å². The second-order valence-electron chi connectivity index (χ2n) is 6.39. The van der Waals surface area contributed by atoms with Crippen molar-refractivity contribution in [3.8, 4) is 0 Å². The molecule has 1 aromatic rings. The Balaban J connectivity index is 0. The van der Waals surface area contributed by atoms with E-state index in [9.17, 15) is 9.59 Å². The Labute approximate surface area is 157 Å². The van der Waals surface area contributed by atoms with Gasteiger partial charge >= 0.3 is 5.97 Å². The van der Waals surface area contributed by atoms with E-state index in [0.717, 1.165) is 6.42 Å². The third kappa shape index (κ3) is 19.0. The number of carbonyl (C=O) groups is 1. The van der Waals surface area contributed by atoms with Gasteiger partial charge in [0.15, 0.2) is 0 Å². The van der Waals surface area contributed by atoms with Crippen LogP contribution in [-0.2, 0) is 9.53 Å². The van der Waals surface area contributed by atoms with Crippen molar-refractivity contribution in [2.45, 2.75) is 85.0 Å². The molecule has 1 heterocycles. The molecule has 148 valence electrons. The molecule has 0 fully saturated rings. The Bertz CT molecular complexity index is 427. The summed E-state index contributed by atoms with van der Waals surface area (Å²) in [6.45, 7) is 6.61. The lowest BCUT2D eigenvalue weighted by Gasteiger charge is -2.06. The van der Waals surface area contributed by atoms with Crippen molar-refractivity contribution in [1.82, 2.24) is 10.5 Å². The summed E-state index contributed by atoms with van der Waals surface area (Å²) in [4.78, 5) is 21.2. The number of nitrogens with one attached hydrogen (secondary N) is 1. The lowest BCUT2D eigenvalue weighted by molar-refractivity contribution is -0.147. The second-order valence-corrected chi connectivity index (χ2v) is 7.10. The van der Waals surface area contributed by atoms with Gasteiger partial charge in [0.05, 0.1) is 12.5 Å². The van der Waals surface area contributed by atoms with E-state index in [4.69, 9.17) is 4.74 Å². The van der Waals surface area contributed by atoms with E-state index in [1.54, 1.807) is 5.38 Å². The Kier molecular flexibility index (Phi) is 20.0. The zero-order chi connectivity index (χ0) is 18.0. The maximum absolute atomic E-state index is 11.2. The number of H-pyrrole nitrogens is 1. The van der Waals surface area contributed by atoms with Gasteiger partial charge in [0.2, 0.25) is 0 Å². The summed E-state index contributed by atoms with van der Waals surface area (Å²) in [5, 5.41) is 1.71. The van der Waals surface area contributed by atoms with Crippen molar-refractivity contribution in [2.24, 2.45) is 5.92 Å². The molecule has 0 bridgehead atoms. The number of carbonyl (C=O) groups excluding carboxylic acids is 1. The predicted molar refractivity (Wildman–Crippen MR) is 108 cm³/mol. The Morgan fingerprint density at radius 3 is 1.92 bits per heavy atom. The zero-order valence-electron chi connectivity index (χ0n) is 16.4. The third-order valence-electron chi connectivity index (χ3n) is 3.66. The highest BCUT2D eigenvalue weighted by Crippen LogP contribution is 2.10. The molecule has 0 aliphatic rings. The molecule has 0 aliphatic heterocycles. The van der Waals surface area contributed by atoms with Gasteiger partial charge in [0.25, 0.3) is 5.56 Å². The van der Waals surface area contributed by atoms with Gasteiger partial charge in [0, 0.05) is 11.4 Å². The van der Waals surface area contributed by atoms with Crippen LogP contribution < -0.4 is 11.7 Å². The summed E-state index contributed by atoms with van der Waals surface area (Å²) in [6, 6.07) is 1.49. The zero-order valence-corrected chi connectivity index (χ0v) is 17.2. The van der Waals surface area contributed by atoms with Crippen LogP contribution in [0, 0.1) is 5.92 Å². The lowest BCUT2D eigenvalue weighted by atomic mass is 10.1. The molecule has 0 amide bonds. The number of esters is 1. The van der Waals surface area contributed by atoms with E-state index >= 15 is 0 Å². The minimum atomic E-state index is -0.0640. The first-order chi connectivity index (χ1) is 11.6. The molecule has 0 radical (unpaired) electrons. The number of hydrogen-bond acceptors (Lipinski definition) is 5. The number of unbranched alkanes of at least 4 members (excludes halogenated alkanes) is 9.